The highest BCUT2D eigenvalue weighted by Crippen LogP contribution is 2.21. The number of carbonyl (C=O) groups is 1. The van der Waals surface area contributed by atoms with E-state index in [0.29, 0.717) is 24.4 Å². The van der Waals surface area contributed by atoms with Crippen molar-refractivity contribution < 1.29 is 13.2 Å². The minimum Gasteiger partial charge on any atom is -0.341 e. The van der Waals surface area contributed by atoms with Crippen molar-refractivity contribution in [2.75, 3.05) is 20.1 Å². The number of rotatable bonds is 5. The maximum Gasteiger partial charge on any atom is 0.225 e. The lowest BCUT2D eigenvalue weighted by atomic mass is 10.00. The number of nitrogens with one attached hydrogen (secondary N) is 1. The molecule has 2 atom stereocenters. The third-order valence-corrected chi connectivity index (χ3v) is 6.10. The molecule has 0 aliphatic carbocycles. The summed E-state index contributed by atoms with van der Waals surface area (Å²) in [7, 11) is -1.91. The van der Waals surface area contributed by atoms with Gasteiger partial charge in [0.25, 0.3) is 0 Å². The molecule has 0 aromatic heterocycles. The first kappa shape index (κ1) is 17.2. The summed E-state index contributed by atoms with van der Waals surface area (Å²) in [6.07, 6.45) is 1.08. The molecule has 1 aromatic rings. The van der Waals surface area contributed by atoms with Gasteiger partial charge in [-0.3, -0.25) is 4.79 Å². The normalized spacial score (nSPS) is 20.1. The average molecular weight is 345 g/mol. The molecule has 22 heavy (non-hydrogen) atoms. The molecule has 2 rings (SSSR count). The van der Waals surface area contributed by atoms with Crippen LogP contribution >= 0.6 is 11.6 Å². The summed E-state index contributed by atoms with van der Waals surface area (Å²) in [6.45, 7) is 2.62. The molecule has 0 saturated carbocycles. The molecule has 0 bridgehead atoms. The summed E-state index contributed by atoms with van der Waals surface area (Å²) < 4.78 is 25.9. The third-order valence-electron chi connectivity index (χ3n) is 4.03. The zero-order valence-electron chi connectivity index (χ0n) is 12.8. The quantitative estimate of drug-likeness (QED) is 0.883. The molecule has 0 spiro atoms. The van der Waals surface area contributed by atoms with Gasteiger partial charge in [0.1, 0.15) is 0 Å². The summed E-state index contributed by atoms with van der Waals surface area (Å²) in [4.78, 5) is 14.1. The number of sulfonamides is 1. The van der Waals surface area contributed by atoms with Gasteiger partial charge in [0.05, 0.1) is 5.25 Å². The van der Waals surface area contributed by atoms with Gasteiger partial charge in [-0.1, -0.05) is 30.7 Å². The SMILES string of the molecule is CNS(=O)(=O)C1CCN(C(=O)C(C)Cc2cccc(Cl)c2)C1. The van der Waals surface area contributed by atoms with Crippen molar-refractivity contribution >= 4 is 27.5 Å². The van der Waals surface area contributed by atoms with Crippen molar-refractivity contribution in [2.45, 2.75) is 25.0 Å². The first-order valence-electron chi connectivity index (χ1n) is 7.29. The van der Waals surface area contributed by atoms with Crippen molar-refractivity contribution in [3.05, 3.63) is 34.9 Å². The first-order chi connectivity index (χ1) is 10.3. The lowest BCUT2D eigenvalue weighted by Gasteiger charge is -2.21. The number of carbonyl (C=O) groups excluding carboxylic acids is 1. The molecule has 1 aliphatic rings. The number of benzene rings is 1. The van der Waals surface area contributed by atoms with Crippen LogP contribution in [0.2, 0.25) is 5.02 Å². The summed E-state index contributed by atoms with van der Waals surface area (Å²) in [5.41, 5.74) is 1.01. The van der Waals surface area contributed by atoms with Gasteiger partial charge in [0.2, 0.25) is 15.9 Å². The summed E-state index contributed by atoms with van der Waals surface area (Å²) in [6, 6.07) is 7.45. The maximum absolute atomic E-state index is 12.5. The minimum absolute atomic E-state index is 0.00576. The van der Waals surface area contributed by atoms with Crippen LogP contribution in [0.15, 0.2) is 24.3 Å². The summed E-state index contributed by atoms with van der Waals surface area (Å²) >= 11 is 5.95. The highest BCUT2D eigenvalue weighted by molar-refractivity contribution is 7.90. The molecule has 1 N–H and O–H groups in total. The Balaban J connectivity index is 1.97. The number of nitrogens with zero attached hydrogens (tertiary/aromatic N) is 1. The fraction of sp³-hybridized carbons (Fsp3) is 0.533. The molecule has 1 aliphatic heterocycles. The van der Waals surface area contributed by atoms with Gasteiger partial charge < -0.3 is 4.90 Å². The Morgan fingerprint density at radius 1 is 1.50 bits per heavy atom. The van der Waals surface area contributed by atoms with Crippen molar-refractivity contribution in [3.8, 4) is 0 Å². The fourth-order valence-electron chi connectivity index (χ4n) is 2.76. The summed E-state index contributed by atoms with van der Waals surface area (Å²) in [5, 5.41) is 0.137. The summed E-state index contributed by atoms with van der Waals surface area (Å²) in [5.74, 6) is -0.205. The predicted molar refractivity (Wildman–Crippen MR) is 87.3 cm³/mol. The molecule has 1 heterocycles. The van der Waals surface area contributed by atoms with Crippen LogP contribution in [-0.2, 0) is 21.2 Å². The van der Waals surface area contributed by atoms with Gasteiger partial charge in [-0.15, -0.1) is 0 Å². The van der Waals surface area contributed by atoms with Crippen molar-refractivity contribution in [2.24, 2.45) is 5.92 Å². The molecule has 1 fully saturated rings. The number of halogens is 1. The third kappa shape index (κ3) is 4.00. The van der Waals surface area contributed by atoms with Gasteiger partial charge >= 0.3 is 0 Å². The van der Waals surface area contributed by atoms with Crippen LogP contribution in [0.4, 0.5) is 0 Å². The Kier molecular flexibility index (Phi) is 5.47. The van der Waals surface area contributed by atoms with Gasteiger partial charge in [-0.2, -0.15) is 0 Å². The number of likely N-dealkylation sites (tertiary alicyclic amines) is 1. The standard InChI is InChI=1S/C15H21ClN2O3S/c1-11(8-12-4-3-5-13(16)9-12)15(19)18-7-6-14(10-18)22(20,21)17-2/h3-5,9,11,14,17H,6-8,10H2,1-2H3. The van der Waals surface area contributed by atoms with E-state index in [0.717, 1.165) is 5.56 Å². The van der Waals surface area contributed by atoms with Crippen molar-refractivity contribution in [1.82, 2.24) is 9.62 Å². The van der Waals surface area contributed by atoms with E-state index in [1.807, 2.05) is 25.1 Å². The Morgan fingerprint density at radius 2 is 2.23 bits per heavy atom. The largest absolute Gasteiger partial charge is 0.341 e. The monoisotopic (exact) mass is 344 g/mol. The number of hydrogen-bond acceptors (Lipinski definition) is 3. The van der Waals surface area contributed by atoms with Crippen molar-refractivity contribution in [1.29, 1.82) is 0 Å². The van der Waals surface area contributed by atoms with E-state index in [1.165, 1.54) is 7.05 Å². The number of hydrogen-bond donors (Lipinski definition) is 1. The first-order valence-corrected chi connectivity index (χ1v) is 9.21. The van der Waals surface area contributed by atoms with Gasteiger partial charge in [0.15, 0.2) is 0 Å². The predicted octanol–water partition coefficient (Wildman–Crippen LogP) is 1.67. The zero-order chi connectivity index (χ0) is 16.3. The average Bonchev–Trinajstić information content (AvgIpc) is 2.97. The van der Waals surface area contributed by atoms with E-state index < -0.39 is 15.3 Å². The van der Waals surface area contributed by atoms with Crippen LogP contribution < -0.4 is 4.72 Å². The van der Waals surface area contributed by atoms with Crippen LogP contribution in [0, 0.1) is 5.92 Å². The molecule has 1 aromatic carbocycles. The molecular formula is C15H21ClN2O3S. The van der Waals surface area contributed by atoms with Crippen LogP contribution in [0.1, 0.15) is 18.9 Å². The molecule has 1 amide bonds. The lowest BCUT2D eigenvalue weighted by Crippen LogP contribution is -2.38. The van der Waals surface area contributed by atoms with Gasteiger partial charge in [0, 0.05) is 24.0 Å². The topological polar surface area (TPSA) is 66.5 Å². The smallest absolute Gasteiger partial charge is 0.225 e. The molecule has 7 heteroatoms. The number of amides is 1. The Labute approximate surface area is 136 Å². The second-order valence-electron chi connectivity index (χ2n) is 5.68. The highest BCUT2D eigenvalue weighted by atomic mass is 35.5. The molecule has 1 saturated heterocycles. The van der Waals surface area contributed by atoms with Crippen LogP contribution in [0.3, 0.4) is 0 Å². The van der Waals surface area contributed by atoms with Gasteiger partial charge in [-0.05, 0) is 37.6 Å². The van der Waals surface area contributed by atoms with E-state index in [9.17, 15) is 13.2 Å². The zero-order valence-corrected chi connectivity index (χ0v) is 14.3. The molecule has 122 valence electrons. The Hall–Kier alpha value is -1.11. The lowest BCUT2D eigenvalue weighted by molar-refractivity contribution is -0.133. The van der Waals surface area contributed by atoms with Crippen LogP contribution in [0.25, 0.3) is 0 Å². The van der Waals surface area contributed by atoms with E-state index in [4.69, 9.17) is 11.6 Å². The highest BCUT2D eigenvalue weighted by Gasteiger charge is 2.35. The van der Waals surface area contributed by atoms with E-state index in [-0.39, 0.29) is 18.4 Å². The van der Waals surface area contributed by atoms with Crippen molar-refractivity contribution in [3.63, 3.8) is 0 Å². The Morgan fingerprint density at radius 3 is 2.86 bits per heavy atom. The Bertz CT molecular complexity index is 648. The minimum atomic E-state index is -3.32. The molecular weight excluding hydrogens is 324 g/mol. The molecule has 5 nitrogen and oxygen atoms in total. The van der Waals surface area contributed by atoms with Crippen LogP contribution in [0.5, 0.6) is 0 Å². The second kappa shape index (κ2) is 6.98. The van der Waals surface area contributed by atoms with Gasteiger partial charge in [-0.25, -0.2) is 13.1 Å². The van der Waals surface area contributed by atoms with E-state index in [1.54, 1.807) is 11.0 Å². The fourth-order valence-corrected chi connectivity index (χ4v) is 4.10. The second-order valence-corrected chi connectivity index (χ2v) is 8.28. The van der Waals surface area contributed by atoms with E-state index >= 15 is 0 Å². The molecule has 0 radical (unpaired) electrons. The molecule has 2 unspecified atom stereocenters. The van der Waals surface area contributed by atoms with Crippen LogP contribution in [-0.4, -0.2) is 44.6 Å². The van der Waals surface area contributed by atoms with E-state index in [2.05, 4.69) is 4.72 Å². The maximum atomic E-state index is 12.5.